The molecule has 3 rings (SSSR count). The molecule has 0 aromatic rings. The van der Waals surface area contributed by atoms with E-state index in [-0.39, 0.29) is 17.9 Å². The minimum Gasteiger partial charge on any atom is -0.478 e. The lowest BCUT2D eigenvalue weighted by Crippen LogP contribution is -2.61. The Kier molecular flexibility index (Phi) is 2.48. The average Bonchev–Trinajstić information content (AvgIpc) is 2.73. The normalized spacial score (nSPS) is 45.4. The van der Waals surface area contributed by atoms with Crippen LogP contribution < -0.4 is 0 Å². The summed E-state index contributed by atoms with van der Waals surface area (Å²) in [5.74, 6) is -2.11. The van der Waals surface area contributed by atoms with Gasteiger partial charge in [-0.05, 0) is 31.1 Å². The third-order valence-electron chi connectivity index (χ3n) is 5.52. The van der Waals surface area contributed by atoms with Crippen LogP contribution in [-0.2, 0) is 14.3 Å². The lowest BCUT2D eigenvalue weighted by Gasteiger charge is -2.49. The number of cyclic esters (lactones) is 1. The molecule has 110 valence electrons. The maximum atomic E-state index is 12.0. The van der Waals surface area contributed by atoms with E-state index in [0.29, 0.717) is 12.0 Å². The van der Waals surface area contributed by atoms with Gasteiger partial charge in [-0.2, -0.15) is 0 Å². The van der Waals surface area contributed by atoms with Gasteiger partial charge in [0.1, 0.15) is 0 Å². The van der Waals surface area contributed by atoms with Gasteiger partial charge in [0.25, 0.3) is 0 Å². The number of rotatable bonds is 1. The van der Waals surface area contributed by atoms with E-state index in [4.69, 9.17) is 4.74 Å². The van der Waals surface area contributed by atoms with Gasteiger partial charge in [0.15, 0.2) is 5.60 Å². The van der Waals surface area contributed by atoms with Gasteiger partial charge in [0.05, 0.1) is 6.61 Å². The number of hydrogen-bond donors (Lipinski definition) is 2. The van der Waals surface area contributed by atoms with E-state index in [1.807, 2.05) is 0 Å². The van der Waals surface area contributed by atoms with Crippen molar-refractivity contribution in [2.24, 2.45) is 22.7 Å². The van der Waals surface area contributed by atoms with E-state index >= 15 is 0 Å². The Morgan fingerprint density at radius 3 is 2.65 bits per heavy atom. The summed E-state index contributed by atoms with van der Waals surface area (Å²) >= 11 is 0. The van der Waals surface area contributed by atoms with Gasteiger partial charge in [-0.3, -0.25) is 0 Å². The quantitative estimate of drug-likeness (QED) is 0.708. The largest absolute Gasteiger partial charge is 0.478 e. The van der Waals surface area contributed by atoms with Gasteiger partial charge in [0, 0.05) is 16.9 Å². The molecule has 1 heterocycles. The highest BCUT2D eigenvalue weighted by atomic mass is 16.6. The highest BCUT2D eigenvalue weighted by molar-refractivity contribution is 5.90. The van der Waals surface area contributed by atoms with Gasteiger partial charge in [-0.1, -0.05) is 19.9 Å². The first-order chi connectivity index (χ1) is 9.12. The number of hydrogen-bond acceptors (Lipinski definition) is 4. The van der Waals surface area contributed by atoms with Crippen LogP contribution in [0, 0.1) is 22.7 Å². The highest BCUT2D eigenvalue weighted by Gasteiger charge is 2.71. The summed E-state index contributed by atoms with van der Waals surface area (Å²) in [4.78, 5) is 23.5. The molecule has 0 bridgehead atoms. The number of carboxylic acid groups (broad SMARTS) is 1. The monoisotopic (exact) mass is 280 g/mol. The minimum absolute atomic E-state index is 0.0228. The van der Waals surface area contributed by atoms with Crippen LogP contribution >= 0.6 is 0 Å². The number of ether oxygens (including phenoxy) is 1. The second-order valence-corrected chi connectivity index (χ2v) is 7.34. The van der Waals surface area contributed by atoms with Crippen molar-refractivity contribution in [3.8, 4) is 0 Å². The Hall–Kier alpha value is -1.36. The first kappa shape index (κ1) is 13.6. The van der Waals surface area contributed by atoms with Gasteiger partial charge in [0.2, 0.25) is 0 Å². The van der Waals surface area contributed by atoms with Crippen molar-refractivity contribution in [1.29, 1.82) is 0 Å². The van der Waals surface area contributed by atoms with Crippen molar-refractivity contribution in [3.63, 3.8) is 0 Å². The molecule has 5 heteroatoms. The fourth-order valence-corrected chi connectivity index (χ4v) is 4.79. The molecule has 2 aliphatic carbocycles. The van der Waals surface area contributed by atoms with E-state index in [1.165, 1.54) is 6.92 Å². The number of aliphatic hydroxyl groups is 1. The first-order valence-electron chi connectivity index (χ1n) is 6.96. The minimum atomic E-state index is -1.64. The van der Waals surface area contributed by atoms with Gasteiger partial charge < -0.3 is 14.9 Å². The second-order valence-electron chi connectivity index (χ2n) is 7.34. The number of aliphatic carboxylic acids is 1. The lowest BCUT2D eigenvalue weighted by atomic mass is 9.59. The summed E-state index contributed by atoms with van der Waals surface area (Å²) < 4.78 is 5.07. The van der Waals surface area contributed by atoms with Crippen molar-refractivity contribution in [2.45, 2.75) is 39.2 Å². The molecule has 0 radical (unpaired) electrons. The standard InChI is InChI=1S/C15H20O5/c1-13(2)5-8-4-9(11(16)17)10-6-20-12(18)14(3,19)15(8,10)7-13/h4,8,10,19H,5-7H2,1-3H3,(H,16,17)/t8-,10-,14-,15-/m0/s1. The smallest absolute Gasteiger partial charge is 0.338 e. The summed E-state index contributed by atoms with van der Waals surface area (Å²) in [6.45, 7) is 5.73. The Labute approximate surface area is 117 Å². The fourth-order valence-electron chi connectivity index (χ4n) is 4.79. The second kappa shape index (κ2) is 3.64. The predicted molar refractivity (Wildman–Crippen MR) is 69.7 cm³/mol. The molecular weight excluding hydrogens is 260 g/mol. The molecule has 1 spiro atoms. The van der Waals surface area contributed by atoms with E-state index in [2.05, 4.69) is 13.8 Å². The summed E-state index contributed by atoms with van der Waals surface area (Å²) in [5, 5.41) is 20.2. The van der Waals surface area contributed by atoms with Crippen LogP contribution in [0.25, 0.3) is 0 Å². The molecule has 1 saturated carbocycles. The highest BCUT2D eigenvalue weighted by Crippen LogP contribution is 2.68. The van der Waals surface area contributed by atoms with Crippen LogP contribution in [-0.4, -0.2) is 34.4 Å². The zero-order valence-electron chi connectivity index (χ0n) is 12.0. The molecule has 0 aromatic heterocycles. The molecular formula is C15H20O5. The summed E-state index contributed by atoms with van der Waals surface area (Å²) in [7, 11) is 0. The number of carbonyl (C=O) groups excluding carboxylic acids is 1. The molecule has 1 aliphatic heterocycles. The number of carboxylic acids is 1. The zero-order chi connectivity index (χ0) is 14.9. The Bertz CT molecular complexity index is 530. The number of esters is 1. The van der Waals surface area contributed by atoms with Crippen LogP contribution in [0.2, 0.25) is 0 Å². The van der Waals surface area contributed by atoms with Crippen LogP contribution in [0.3, 0.4) is 0 Å². The van der Waals surface area contributed by atoms with Crippen molar-refractivity contribution >= 4 is 11.9 Å². The summed E-state index contributed by atoms with van der Waals surface area (Å²) in [6.07, 6.45) is 3.16. The molecule has 2 fully saturated rings. The maximum absolute atomic E-state index is 12.0. The van der Waals surface area contributed by atoms with Crippen molar-refractivity contribution in [1.82, 2.24) is 0 Å². The molecule has 2 N–H and O–H groups in total. The Morgan fingerprint density at radius 1 is 1.40 bits per heavy atom. The molecule has 0 aromatic carbocycles. The van der Waals surface area contributed by atoms with Crippen LogP contribution in [0.15, 0.2) is 11.6 Å². The lowest BCUT2D eigenvalue weighted by molar-refractivity contribution is -0.208. The maximum Gasteiger partial charge on any atom is 0.338 e. The molecule has 5 nitrogen and oxygen atoms in total. The SMILES string of the molecule is CC1(C)C[C@@H]2C=C(C(=O)O)[C@@H]3COC(=O)[C@](C)(O)[C@@]23C1. The third kappa shape index (κ3) is 1.41. The summed E-state index contributed by atoms with van der Waals surface area (Å²) in [5.41, 5.74) is -2.11. The van der Waals surface area contributed by atoms with Crippen molar-refractivity contribution < 1.29 is 24.5 Å². The van der Waals surface area contributed by atoms with Crippen LogP contribution in [0.1, 0.15) is 33.6 Å². The third-order valence-corrected chi connectivity index (χ3v) is 5.52. The molecule has 20 heavy (non-hydrogen) atoms. The molecule has 0 unspecified atom stereocenters. The molecule has 1 saturated heterocycles. The first-order valence-corrected chi connectivity index (χ1v) is 6.96. The fraction of sp³-hybridized carbons (Fsp3) is 0.733. The molecule has 0 amide bonds. The van der Waals surface area contributed by atoms with E-state index < -0.39 is 28.9 Å². The number of allylic oxidation sites excluding steroid dienone is 1. The predicted octanol–water partition coefficient (Wildman–Crippen LogP) is 1.36. The van der Waals surface area contributed by atoms with Gasteiger partial charge in [-0.15, -0.1) is 0 Å². The number of carbonyl (C=O) groups is 2. The van der Waals surface area contributed by atoms with Gasteiger partial charge in [-0.25, -0.2) is 9.59 Å². The zero-order valence-corrected chi connectivity index (χ0v) is 12.0. The van der Waals surface area contributed by atoms with E-state index in [9.17, 15) is 19.8 Å². The van der Waals surface area contributed by atoms with Crippen LogP contribution in [0.4, 0.5) is 0 Å². The molecule has 3 aliphatic rings. The average molecular weight is 280 g/mol. The Morgan fingerprint density at radius 2 is 2.05 bits per heavy atom. The molecule has 4 atom stereocenters. The van der Waals surface area contributed by atoms with E-state index in [0.717, 1.165) is 6.42 Å². The van der Waals surface area contributed by atoms with Crippen LogP contribution in [0.5, 0.6) is 0 Å². The van der Waals surface area contributed by atoms with Crippen molar-refractivity contribution in [3.05, 3.63) is 11.6 Å². The Balaban J connectivity index is 2.16. The topological polar surface area (TPSA) is 83.8 Å². The van der Waals surface area contributed by atoms with Crippen molar-refractivity contribution in [2.75, 3.05) is 6.61 Å². The van der Waals surface area contributed by atoms with Gasteiger partial charge >= 0.3 is 11.9 Å². The summed E-state index contributed by atoms with van der Waals surface area (Å²) in [6, 6.07) is 0. The van der Waals surface area contributed by atoms with E-state index in [1.54, 1.807) is 6.08 Å².